The molecule has 1 heterocycles. The molecule has 0 spiro atoms. The Kier molecular flexibility index (Phi) is 3.18. The summed E-state index contributed by atoms with van der Waals surface area (Å²) in [6.07, 6.45) is 4.18. The number of fused-ring (bicyclic) bond motifs is 1. The van der Waals surface area contributed by atoms with Gasteiger partial charge < -0.3 is 10.4 Å². The number of benzene rings is 1. The van der Waals surface area contributed by atoms with E-state index in [4.69, 9.17) is 0 Å². The number of carbonyl (C=O) groups is 1. The third kappa shape index (κ3) is 2.50. The molecule has 0 bridgehead atoms. The van der Waals surface area contributed by atoms with E-state index in [0.717, 1.165) is 29.7 Å². The van der Waals surface area contributed by atoms with Gasteiger partial charge in [-0.3, -0.25) is 4.79 Å². The van der Waals surface area contributed by atoms with Crippen LogP contribution in [0.2, 0.25) is 0 Å². The van der Waals surface area contributed by atoms with Gasteiger partial charge in [0.15, 0.2) is 0 Å². The number of carbonyl (C=O) groups excluding carboxylic acids is 1. The van der Waals surface area contributed by atoms with E-state index in [1.807, 2.05) is 30.5 Å². The third-order valence-corrected chi connectivity index (χ3v) is 4.38. The van der Waals surface area contributed by atoms with Crippen LogP contribution in [0.5, 0.6) is 0 Å². The number of nitrogens with one attached hydrogen (secondary N) is 1. The zero-order chi connectivity index (χ0) is 15.1. The third-order valence-electron chi connectivity index (χ3n) is 4.38. The van der Waals surface area contributed by atoms with Gasteiger partial charge in [-0.25, -0.2) is 4.68 Å². The molecule has 2 atom stereocenters. The molecule has 1 fully saturated rings. The van der Waals surface area contributed by atoms with Crippen molar-refractivity contribution in [2.75, 3.05) is 0 Å². The van der Waals surface area contributed by atoms with Crippen molar-refractivity contribution in [3.05, 3.63) is 47.3 Å². The first-order valence-corrected chi connectivity index (χ1v) is 7.66. The van der Waals surface area contributed by atoms with E-state index >= 15 is 0 Å². The summed E-state index contributed by atoms with van der Waals surface area (Å²) in [4.78, 5) is 12.2. The maximum absolute atomic E-state index is 12.2. The van der Waals surface area contributed by atoms with Crippen LogP contribution in [0.3, 0.4) is 0 Å². The first-order valence-electron chi connectivity index (χ1n) is 7.66. The predicted molar refractivity (Wildman–Crippen MR) is 79.0 cm³/mol. The molecule has 1 saturated carbocycles. The minimum atomic E-state index is -0.570. The van der Waals surface area contributed by atoms with Crippen molar-refractivity contribution in [1.82, 2.24) is 20.3 Å². The Hall–Kier alpha value is -2.21. The summed E-state index contributed by atoms with van der Waals surface area (Å²) in [6, 6.07) is 7.48. The van der Waals surface area contributed by atoms with E-state index in [1.165, 1.54) is 0 Å². The molecule has 0 saturated heterocycles. The van der Waals surface area contributed by atoms with Gasteiger partial charge in [0.25, 0.3) is 0 Å². The minimum absolute atomic E-state index is 0.130. The molecule has 22 heavy (non-hydrogen) atoms. The monoisotopic (exact) mass is 298 g/mol. The maximum Gasteiger partial charge on any atom is 0.242 e. The van der Waals surface area contributed by atoms with Gasteiger partial charge in [0.05, 0.1) is 17.8 Å². The van der Waals surface area contributed by atoms with Crippen molar-refractivity contribution in [2.24, 2.45) is 0 Å². The molecule has 2 aliphatic carbocycles. The molecule has 2 aromatic rings. The quantitative estimate of drug-likeness (QED) is 0.880. The van der Waals surface area contributed by atoms with Gasteiger partial charge in [0, 0.05) is 18.5 Å². The average molecular weight is 298 g/mol. The molecule has 2 N–H and O–H groups in total. The maximum atomic E-state index is 12.2. The fourth-order valence-electron chi connectivity index (χ4n) is 3.07. The summed E-state index contributed by atoms with van der Waals surface area (Å²) >= 11 is 0. The van der Waals surface area contributed by atoms with Crippen molar-refractivity contribution in [1.29, 1.82) is 0 Å². The second-order valence-corrected chi connectivity index (χ2v) is 6.13. The molecule has 0 radical (unpaired) electrons. The largest absolute Gasteiger partial charge is 0.390 e. The van der Waals surface area contributed by atoms with Gasteiger partial charge >= 0.3 is 0 Å². The van der Waals surface area contributed by atoms with E-state index in [0.29, 0.717) is 12.3 Å². The van der Waals surface area contributed by atoms with Crippen molar-refractivity contribution < 1.29 is 9.90 Å². The summed E-state index contributed by atoms with van der Waals surface area (Å²) < 4.78 is 1.57. The topological polar surface area (TPSA) is 80.0 Å². The van der Waals surface area contributed by atoms with E-state index < -0.39 is 6.10 Å². The minimum Gasteiger partial charge on any atom is -0.390 e. The average Bonchev–Trinajstić information content (AvgIpc) is 3.18. The summed E-state index contributed by atoms with van der Waals surface area (Å²) in [7, 11) is 0. The van der Waals surface area contributed by atoms with Gasteiger partial charge in [0.1, 0.15) is 6.54 Å². The number of rotatable bonds is 4. The van der Waals surface area contributed by atoms with Gasteiger partial charge in [-0.2, -0.15) is 0 Å². The van der Waals surface area contributed by atoms with E-state index in [9.17, 15) is 9.90 Å². The Morgan fingerprint density at radius 2 is 2.18 bits per heavy atom. The number of aliphatic hydroxyl groups is 1. The lowest BCUT2D eigenvalue weighted by Gasteiger charge is -2.17. The number of amides is 1. The summed E-state index contributed by atoms with van der Waals surface area (Å²) in [5, 5.41) is 21.2. The Morgan fingerprint density at radius 1 is 1.36 bits per heavy atom. The van der Waals surface area contributed by atoms with Crippen molar-refractivity contribution in [3.8, 4) is 0 Å². The molecule has 114 valence electrons. The van der Waals surface area contributed by atoms with Crippen LogP contribution in [0.15, 0.2) is 30.5 Å². The van der Waals surface area contributed by atoms with Gasteiger partial charge in [0.2, 0.25) is 5.91 Å². The highest BCUT2D eigenvalue weighted by Gasteiger charge is 2.32. The van der Waals surface area contributed by atoms with Gasteiger partial charge in [-0.05, 0) is 24.0 Å². The fourth-order valence-corrected chi connectivity index (χ4v) is 3.07. The van der Waals surface area contributed by atoms with Crippen molar-refractivity contribution >= 4 is 5.91 Å². The molecule has 1 amide bonds. The highest BCUT2D eigenvalue weighted by molar-refractivity contribution is 5.76. The Bertz CT molecular complexity index is 708. The standard InChI is InChI=1S/C16H18N4O2/c21-14-7-11-3-1-2-4-12(11)16(14)17-15(22)9-20-8-13(18-19-20)10-5-6-10/h1-4,8,10,14,16,21H,5-7,9H2,(H,17,22). The smallest absolute Gasteiger partial charge is 0.242 e. The number of hydrogen-bond acceptors (Lipinski definition) is 4. The summed E-state index contributed by atoms with van der Waals surface area (Å²) in [5.41, 5.74) is 3.07. The predicted octanol–water partition coefficient (Wildman–Crippen LogP) is 0.930. The van der Waals surface area contributed by atoms with E-state index in [1.54, 1.807) is 4.68 Å². The van der Waals surface area contributed by atoms with Crippen LogP contribution >= 0.6 is 0 Å². The molecule has 6 heteroatoms. The number of aromatic nitrogens is 3. The van der Waals surface area contributed by atoms with Gasteiger partial charge in [-0.1, -0.05) is 29.5 Å². The number of hydrogen-bond donors (Lipinski definition) is 2. The highest BCUT2D eigenvalue weighted by Crippen LogP contribution is 2.38. The lowest BCUT2D eigenvalue weighted by Crippen LogP contribution is -2.36. The van der Waals surface area contributed by atoms with Gasteiger partial charge in [-0.15, -0.1) is 5.10 Å². The van der Waals surface area contributed by atoms with Crippen LogP contribution in [-0.2, 0) is 17.8 Å². The number of nitrogens with zero attached hydrogens (tertiary/aromatic N) is 3. The SMILES string of the molecule is O=C(Cn1cc(C2CC2)nn1)NC1c2ccccc2CC1O. The summed E-state index contributed by atoms with van der Waals surface area (Å²) in [6.45, 7) is 0.130. The Labute approximate surface area is 128 Å². The van der Waals surface area contributed by atoms with Crippen LogP contribution < -0.4 is 5.32 Å². The van der Waals surface area contributed by atoms with Crippen molar-refractivity contribution in [3.63, 3.8) is 0 Å². The Morgan fingerprint density at radius 3 is 3.00 bits per heavy atom. The normalized spacial score (nSPS) is 23.3. The molecule has 2 aliphatic rings. The van der Waals surface area contributed by atoms with Crippen LogP contribution in [0, 0.1) is 0 Å². The second-order valence-electron chi connectivity index (χ2n) is 6.13. The zero-order valence-electron chi connectivity index (χ0n) is 12.1. The lowest BCUT2D eigenvalue weighted by molar-refractivity contribution is -0.123. The molecular formula is C16H18N4O2. The van der Waals surface area contributed by atoms with E-state index in [2.05, 4.69) is 15.6 Å². The first-order chi connectivity index (χ1) is 10.7. The summed E-state index contributed by atoms with van der Waals surface area (Å²) in [5.74, 6) is 0.369. The zero-order valence-corrected chi connectivity index (χ0v) is 12.1. The Balaban J connectivity index is 1.43. The van der Waals surface area contributed by atoms with E-state index in [-0.39, 0.29) is 18.5 Å². The van der Waals surface area contributed by atoms with Crippen LogP contribution in [0.25, 0.3) is 0 Å². The fraction of sp³-hybridized carbons (Fsp3) is 0.438. The molecule has 0 aliphatic heterocycles. The van der Waals surface area contributed by atoms with Crippen LogP contribution in [-0.4, -0.2) is 32.1 Å². The molecule has 6 nitrogen and oxygen atoms in total. The van der Waals surface area contributed by atoms with Crippen LogP contribution in [0.4, 0.5) is 0 Å². The molecule has 4 rings (SSSR count). The van der Waals surface area contributed by atoms with Crippen molar-refractivity contribution in [2.45, 2.75) is 43.9 Å². The van der Waals surface area contributed by atoms with Crippen LogP contribution in [0.1, 0.15) is 41.6 Å². The second kappa shape index (κ2) is 5.21. The first kappa shape index (κ1) is 13.5. The molecular weight excluding hydrogens is 280 g/mol. The highest BCUT2D eigenvalue weighted by atomic mass is 16.3. The molecule has 1 aromatic heterocycles. The lowest BCUT2D eigenvalue weighted by atomic mass is 10.1. The molecule has 2 unspecified atom stereocenters. The number of aliphatic hydroxyl groups excluding tert-OH is 1. The molecule has 1 aromatic carbocycles.